The van der Waals surface area contributed by atoms with Crippen molar-refractivity contribution in [3.8, 4) is 5.75 Å². The van der Waals surface area contributed by atoms with Crippen LogP contribution in [-0.2, 0) is 14.3 Å². The summed E-state index contributed by atoms with van der Waals surface area (Å²) in [5, 5.41) is 5.47. The van der Waals surface area contributed by atoms with Gasteiger partial charge >= 0.3 is 0 Å². The molecule has 2 heterocycles. The standard InChI is InChI=1S/C22H25ClN2O4S/c1-3-4-11-29-12-6-10-25-21(26)19(18-7-5-13-30-18)20(22(25)27)24-16-14-15(23)8-9-17(16)28-2/h5,7-9,13-14,24H,3-4,6,10-12H2,1-2H3. The first-order chi connectivity index (χ1) is 14.6. The maximum Gasteiger partial charge on any atom is 0.278 e. The van der Waals surface area contributed by atoms with Gasteiger partial charge < -0.3 is 14.8 Å². The third-order valence-corrected chi connectivity index (χ3v) is 5.79. The zero-order valence-electron chi connectivity index (χ0n) is 17.1. The van der Waals surface area contributed by atoms with Gasteiger partial charge in [0, 0.05) is 29.7 Å². The smallest absolute Gasteiger partial charge is 0.278 e. The number of nitrogens with zero attached hydrogens (tertiary/aromatic N) is 1. The molecule has 0 spiro atoms. The molecule has 0 fully saturated rings. The molecule has 0 radical (unpaired) electrons. The van der Waals surface area contributed by atoms with E-state index in [1.807, 2.05) is 17.5 Å². The maximum atomic E-state index is 13.2. The Morgan fingerprint density at radius 2 is 1.93 bits per heavy atom. The number of ether oxygens (including phenoxy) is 2. The highest BCUT2D eigenvalue weighted by molar-refractivity contribution is 7.11. The van der Waals surface area contributed by atoms with E-state index in [9.17, 15) is 9.59 Å². The van der Waals surface area contributed by atoms with Crippen molar-refractivity contribution in [3.63, 3.8) is 0 Å². The second kappa shape index (κ2) is 10.6. The number of rotatable bonds is 11. The molecule has 8 heteroatoms. The summed E-state index contributed by atoms with van der Waals surface area (Å²) in [6, 6.07) is 8.77. The Morgan fingerprint density at radius 1 is 1.13 bits per heavy atom. The van der Waals surface area contributed by atoms with Gasteiger partial charge in [0.05, 0.1) is 18.4 Å². The Bertz CT molecular complexity index is 927. The minimum Gasteiger partial charge on any atom is -0.495 e. The van der Waals surface area contributed by atoms with Crippen LogP contribution >= 0.6 is 22.9 Å². The minimum atomic E-state index is -0.362. The van der Waals surface area contributed by atoms with Crippen LogP contribution in [0.5, 0.6) is 5.75 Å². The maximum absolute atomic E-state index is 13.2. The fourth-order valence-corrected chi connectivity index (χ4v) is 4.07. The number of carbonyl (C=O) groups excluding carboxylic acids is 2. The molecule has 1 aliphatic rings. The molecular weight excluding hydrogens is 424 g/mol. The second-order valence-corrected chi connectivity index (χ2v) is 8.16. The Kier molecular flexibility index (Phi) is 7.90. The van der Waals surface area contributed by atoms with Gasteiger partial charge in [-0.15, -0.1) is 11.3 Å². The number of methoxy groups -OCH3 is 1. The van der Waals surface area contributed by atoms with Crippen molar-refractivity contribution in [2.24, 2.45) is 0 Å². The molecule has 3 rings (SSSR count). The molecular formula is C22H25ClN2O4S. The monoisotopic (exact) mass is 448 g/mol. The molecule has 2 aromatic rings. The number of hydrogen-bond acceptors (Lipinski definition) is 6. The Balaban J connectivity index is 1.82. The molecule has 0 aliphatic carbocycles. The molecule has 0 unspecified atom stereocenters. The zero-order valence-corrected chi connectivity index (χ0v) is 18.6. The van der Waals surface area contributed by atoms with E-state index in [-0.39, 0.29) is 17.5 Å². The third kappa shape index (κ3) is 5.03. The van der Waals surface area contributed by atoms with Crippen molar-refractivity contribution < 1.29 is 19.1 Å². The van der Waals surface area contributed by atoms with Gasteiger partial charge in [-0.05, 0) is 42.5 Å². The number of unbranched alkanes of at least 4 members (excludes halogenated alkanes) is 1. The first-order valence-electron chi connectivity index (χ1n) is 9.89. The Labute approximate surface area is 185 Å². The summed E-state index contributed by atoms with van der Waals surface area (Å²) < 4.78 is 10.9. The highest BCUT2D eigenvalue weighted by Crippen LogP contribution is 2.35. The van der Waals surface area contributed by atoms with Crippen LogP contribution < -0.4 is 10.1 Å². The van der Waals surface area contributed by atoms with Crippen LogP contribution in [0.4, 0.5) is 5.69 Å². The number of halogens is 1. The van der Waals surface area contributed by atoms with Crippen molar-refractivity contribution in [1.29, 1.82) is 0 Å². The summed E-state index contributed by atoms with van der Waals surface area (Å²) in [4.78, 5) is 28.3. The van der Waals surface area contributed by atoms with Gasteiger partial charge in [0.1, 0.15) is 11.4 Å². The van der Waals surface area contributed by atoms with E-state index in [0.29, 0.717) is 48.2 Å². The van der Waals surface area contributed by atoms with Crippen LogP contribution in [0.25, 0.3) is 5.57 Å². The van der Waals surface area contributed by atoms with Crippen molar-refractivity contribution in [1.82, 2.24) is 4.90 Å². The van der Waals surface area contributed by atoms with E-state index in [2.05, 4.69) is 12.2 Å². The number of hydrogen-bond donors (Lipinski definition) is 1. The number of benzene rings is 1. The normalized spacial score (nSPS) is 14.0. The van der Waals surface area contributed by atoms with Crippen LogP contribution in [-0.4, -0.2) is 43.6 Å². The van der Waals surface area contributed by atoms with E-state index < -0.39 is 0 Å². The van der Waals surface area contributed by atoms with Gasteiger partial charge in [-0.25, -0.2) is 0 Å². The minimum absolute atomic E-state index is 0.231. The highest BCUT2D eigenvalue weighted by atomic mass is 35.5. The lowest BCUT2D eigenvalue weighted by Crippen LogP contribution is -2.34. The topological polar surface area (TPSA) is 67.9 Å². The van der Waals surface area contributed by atoms with Gasteiger partial charge in [-0.1, -0.05) is 31.0 Å². The largest absolute Gasteiger partial charge is 0.495 e. The summed E-state index contributed by atoms with van der Waals surface area (Å²) in [7, 11) is 1.54. The van der Waals surface area contributed by atoms with Crippen LogP contribution in [0, 0.1) is 0 Å². The van der Waals surface area contributed by atoms with Gasteiger partial charge in [0.2, 0.25) is 0 Å². The SMILES string of the molecule is CCCCOCCCN1C(=O)C(Nc2cc(Cl)ccc2OC)=C(c2cccs2)C1=O. The molecule has 2 amide bonds. The van der Waals surface area contributed by atoms with Crippen molar-refractivity contribution in [2.45, 2.75) is 26.2 Å². The van der Waals surface area contributed by atoms with E-state index in [1.165, 1.54) is 23.3 Å². The Hall–Kier alpha value is -2.35. The molecule has 1 aliphatic heterocycles. The zero-order chi connectivity index (χ0) is 21.5. The number of carbonyl (C=O) groups is 2. The molecule has 0 atom stereocenters. The van der Waals surface area contributed by atoms with E-state index in [1.54, 1.807) is 18.2 Å². The summed E-state index contributed by atoms with van der Waals surface area (Å²) >= 11 is 7.54. The Morgan fingerprint density at radius 3 is 2.63 bits per heavy atom. The summed E-state index contributed by atoms with van der Waals surface area (Å²) in [5.74, 6) is -0.140. The number of anilines is 1. The van der Waals surface area contributed by atoms with Crippen molar-refractivity contribution in [2.75, 3.05) is 32.2 Å². The number of nitrogens with one attached hydrogen (secondary N) is 1. The summed E-state index contributed by atoms with van der Waals surface area (Å²) in [6.45, 7) is 3.61. The van der Waals surface area contributed by atoms with Gasteiger partial charge in [0.15, 0.2) is 0 Å². The quantitative estimate of drug-likeness (QED) is 0.394. The van der Waals surface area contributed by atoms with Crippen LogP contribution in [0.3, 0.4) is 0 Å². The summed E-state index contributed by atoms with van der Waals surface area (Å²) in [5.41, 5.74) is 1.12. The van der Waals surface area contributed by atoms with E-state index in [4.69, 9.17) is 21.1 Å². The fourth-order valence-electron chi connectivity index (χ4n) is 3.13. The molecule has 1 aromatic heterocycles. The first kappa shape index (κ1) is 22.3. The second-order valence-electron chi connectivity index (χ2n) is 6.78. The van der Waals surface area contributed by atoms with Gasteiger partial charge in [-0.3, -0.25) is 14.5 Å². The fraction of sp³-hybridized carbons (Fsp3) is 0.364. The van der Waals surface area contributed by atoms with Crippen LogP contribution in [0.2, 0.25) is 5.02 Å². The van der Waals surface area contributed by atoms with Crippen LogP contribution in [0.1, 0.15) is 31.1 Å². The third-order valence-electron chi connectivity index (χ3n) is 4.67. The summed E-state index contributed by atoms with van der Waals surface area (Å²) in [6.07, 6.45) is 2.66. The average Bonchev–Trinajstić information content (AvgIpc) is 3.33. The lowest BCUT2D eigenvalue weighted by molar-refractivity contribution is -0.137. The molecule has 0 saturated carbocycles. The number of amides is 2. The molecule has 0 saturated heterocycles. The van der Waals surface area contributed by atoms with E-state index in [0.717, 1.165) is 17.7 Å². The molecule has 30 heavy (non-hydrogen) atoms. The van der Waals surface area contributed by atoms with Gasteiger partial charge in [-0.2, -0.15) is 0 Å². The van der Waals surface area contributed by atoms with Crippen LogP contribution in [0.15, 0.2) is 41.4 Å². The average molecular weight is 449 g/mol. The van der Waals surface area contributed by atoms with Gasteiger partial charge in [0.25, 0.3) is 11.8 Å². The predicted octanol–water partition coefficient (Wildman–Crippen LogP) is 4.81. The van der Waals surface area contributed by atoms with E-state index >= 15 is 0 Å². The highest BCUT2D eigenvalue weighted by Gasteiger charge is 2.39. The number of thiophene rings is 1. The van der Waals surface area contributed by atoms with Crippen molar-refractivity contribution in [3.05, 3.63) is 51.3 Å². The molecule has 160 valence electrons. The molecule has 0 bridgehead atoms. The molecule has 1 aromatic carbocycles. The molecule has 6 nitrogen and oxygen atoms in total. The first-order valence-corrected chi connectivity index (χ1v) is 11.1. The van der Waals surface area contributed by atoms with Crippen molar-refractivity contribution >= 4 is 46.0 Å². The molecule has 1 N–H and O–H groups in total. The lowest BCUT2D eigenvalue weighted by atomic mass is 10.2. The number of imide groups is 1. The predicted molar refractivity (Wildman–Crippen MR) is 120 cm³/mol. The lowest BCUT2D eigenvalue weighted by Gasteiger charge is -2.16.